The molecule has 1 N–H and O–H groups in total. The van der Waals surface area contributed by atoms with E-state index in [0.29, 0.717) is 6.54 Å². The molecule has 0 spiro atoms. The standard InChI is InChI=1S/C14H18ClFN2O.ClH/c1-2-8-18(10-6-7-17-9-10)14(19)11-4-3-5-12(15)13(11)16;/h3-5,10,17H,2,6-9H2,1H3;1H. The van der Waals surface area contributed by atoms with E-state index in [4.69, 9.17) is 11.6 Å². The normalized spacial score (nSPS) is 17.6. The van der Waals surface area contributed by atoms with E-state index >= 15 is 0 Å². The first-order chi connectivity index (χ1) is 9.15. The molecule has 3 nitrogen and oxygen atoms in total. The molecular weight excluding hydrogens is 302 g/mol. The molecule has 1 aromatic carbocycles. The summed E-state index contributed by atoms with van der Waals surface area (Å²) in [6.45, 7) is 4.32. The number of rotatable bonds is 4. The molecule has 2 rings (SSSR count). The number of hydrogen-bond donors (Lipinski definition) is 1. The van der Waals surface area contributed by atoms with Crippen molar-refractivity contribution >= 4 is 29.9 Å². The second kappa shape index (κ2) is 7.81. The van der Waals surface area contributed by atoms with Gasteiger partial charge in [-0.3, -0.25) is 4.79 Å². The van der Waals surface area contributed by atoms with Crippen LogP contribution in [-0.4, -0.2) is 36.5 Å². The zero-order chi connectivity index (χ0) is 13.8. The van der Waals surface area contributed by atoms with Crippen LogP contribution >= 0.6 is 24.0 Å². The van der Waals surface area contributed by atoms with Gasteiger partial charge < -0.3 is 10.2 Å². The van der Waals surface area contributed by atoms with Crippen LogP contribution in [0.15, 0.2) is 18.2 Å². The van der Waals surface area contributed by atoms with Gasteiger partial charge in [0.25, 0.3) is 5.91 Å². The second-order valence-corrected chi connectivity index (χ2v) is 5.15. The Morgan fingerprint density at radius 1 is 1.55 bits per heavy atom. The number of nitrogens with one attached hydrogen (secondary N) is 1. The predicted octanol–water partition coefficient (Wildman–Crippen LogP) is 3.12. The molecule has 1 aromatic rings. The average molecular weight is 321 g/mol. The summed E-state index contributed by atoms with van der Waals surface area (Å²) in [5, 5.41) is 3.22. The van der Waals surface area contributed by atoms with E-state index in [1.807, 2.05) is 6.92 Å². The lowest BCUT2D eigenvalue weighted by atomic mass is 10.1. The summed E-state index contributed by atoms with van der Waals surface area (Å²) in [5.74, 6) is -0.892. The quantitative estimate of drug-likeness (QED) is 0.924. The van der Waals surface area contributed by atoms with E-state index in [9.17, 15) is 9.18 Å². The molecule has 6 heteroatoms. The number of halogens is 3. The monoisotopic (exact) mass is 320 g/mol. The summed E-state index contributed by atoms with van der Waals surface area (Å²) in [6, 6.07) is 4.70. The first-order valence-electron chi connectivity index (χ1n) is 6.60. The Kier molecular flexibility index (Phi) is 6.72. The molecule has 112 valence electrons. The van der Waals surface area contributed by atoms with Gasteiger partial charge in [0.1, 0.15) is 0 Å². The fourth-order valence-electron chi connectivity index (χ4n) is 2.42. The smallest absolute Gasteiger partial charge is 0.257 e. The van der Waals surface area contributed by atoms with E-state index < -0.39 is 5.82 Å². The highest BCUT2D eigenvalue weighted by Gasteiger charge is 2.28. The fraction of sp³-hybridized carbons (Fsp3) is 0.500. The van der Waals surface area contributed by atoms with E-state index in [1.165, 1.54) is 12.1 Å². The second-order valence-electron chi connectivity index (χ2n) is 4.75. The first-order valence-corrected chi connectivity index (χ1v) is 6.98. The Labute approximate surface area is 129 Å². The van der Waals surface area contributed by atoms with Crippen LogP contribution in [0.5, 0.6) is 0 Å². The van der Waals surface area contributed by atoms with Crippen molar-refractivity contribution in [2.75, 3.05) is 19.6 Å². The SMILES string of the molecule is CCCN(C(=O)c1cccc(Cl)c1F)C1CCNC1.Cl. The minimum absolute atomic E-state index is 0. The van der Waals surface area contributed by atoms with Gasteiger partial charge in [0.2, 0.25) is 0 Å². The van der Waals surface area contributed by atoms with Gasteiger partial charge in [-0.15, -0.1) is 12.4 Å². The Balaban J connectivity index is 0.00000200. The third kappa shape index (κ3) is 3.62. The van der Waals surface area contributed by atoms with Gasteiger partial charge >= 0.3 is 0 Å². The van der Waals surface area contributed by atoms with Gasteiger partial charge in [0, 0.05) is 19.1 Å². The van der Waals surface area contributed by atoms with E-state index in [1.54, 1.807) is 11.0 Å². The maximum atomic E-state index is 13.9. The molecule has 1 amide bonds. The van der Waals surface area contributed by atoms with Crippen molar-refractivity contribution < 1.29 is 9.18 Å². The number of carbonyl (C=O) groups excluding carboxylic acids is 1. The van der Waals surface area contributed by atoms with Crippen molar-refractivity contribution in [1.82, 2.24) is 10.2 Å². The maximum Gasteiger partial charge on any atom is 0.257 e. The molecule has 1 aliphatic rings. The molecule has 0 aliphatic carbocycles. The predicted molar refractivity (Wildman–Crippen MR) is 81.3 cm³/mol. The summed E-state index contributed by atoms with van der Waals surface area (Å²) in [4.78, 5) is 14.3. The van der Waals surface area contributed by atoms with Crippen LogP contribution in [0.2, 0.25) is 5.02 Å². The lowest BCUT2D eigenvalue weighted by Gasteiger charge is -2.28. The largest absolute Gasteiger partial charge is 0.334 e. The Morgan fingerprint density at radius 3 is 2.90 bits per heavy atom. The van der Waals surface area contributed by atoms with Crippen LogP contribution in [0.4, 0.5) is 4.39 Å². The molecule has 20 heavy (non-hydrogen) atoms. The van der Waals surface area contributed by atoms with Gasteiger partial charge in [-0.1, -0.05) is 24.6 Å². The molecular formula is C14H19Cl2FN2O. The molecule has 1 aliphatic heterocycles. The van der Waals surface area contributed by atoms with Gasteiger partial charge in [-0.05, 0) is 31.5 Å². The maximum absolute atomic E-state index is 13.9. The van der Waals surface area contributed by atoms with Gasteiger partial charge in [-0.2, -0.15) is 0 Å². The van der Waals surface area contributed by atoms with Crippen LogP contribution in [-0.2, 0) is 0 Å². The van der Waals surface area contributed by atoms with Crippen molar-refractivity contribution in [2.24, 2.45) is 0 Å². The number of amides is 1. The third-order valence-electron chi connectivity index (χ3n) is 3.38. The lowest BCUT2D eigenvalue weighted by molar-refractivity contribution is 0.0687. The summed E-state index contributed by atoms with van der Waals surface area (Å²) in [5.41, 5.74) is 0.0628. The highest BCUT2D eigenvalue weighted by Crippen LogP contribution is 2.21. The molecule has 1 atom stereocenters. The molecule has 0 radical (unpaired) electrons. The van der Waals surface area contributed by atoms with Crippen molar-refractivity contribution in [3.8, 4) is 0 Å². The molecule has 0 bridgehead atoms. The van der Waals surface area contributed by atoms with Crippen LogP contribution in [0.25, 0.3) is 0 Å². The van der Waals surface area contributed by atoms with Crippen molar-refractivity contribution in [2.45, 2.75) is 25.8 Å². The number of benzene rings is 1. The van der Waals surface area contributed by atoms with E-state index in [-0.39, 0.29) is 34.9 Å². The Morgan fingerprint density at radius 2 is 2.30 bits per heavy atom. The van der Waals surface area contributed by atoms with Crippen LogP contribution in [0.3, 0.4) is 0 Å². The minimum atomic E-state index is -0.624. The fourth-order valence-corrected chi connectivity index (χ4v) is 2.59. The summed E-state index contributed by atoms with van der Waals surface area (Å²) in [7, 11) is 0. The molecule has 0 aromatic heterocycles. The average Bonchev–Trinajstić information content (AvgIpc) is 2.92. The van der Waals surface area contributed by atoms with Gasteiger partial charge in [0.05, 0.1) is 10.6 Å². The highest BCUT2D eigenvalue weighted by molar-refractivity contribution is 6.31. The van der Waals surface area contributed by atoms with Crippen LogP contribution < -0.4 is 5.32 Å². The number of nitrogens with zero attached hydrogens (tertiary/aromatic N) is 1. The Hall–Kier alpha value is -0.840. The van der Waals surface area contributed by atoms with Crippen molar-refractivity contribution in [3.05, 3.63) is 34.6 Å². The first kappa shape index (κ1) is 17.2. The zero-order valence-electron chi connectivity index (χ0n) is 11.4. The van der Waals surface area contributed by atoms with Crippen LogP contribution in [0, 0.1) is 5.82 Å². The molecule has 1 unspecified atom stereocenters. The number of hydrogen-bond acceptors (Lipinski definition) is 2. The molecule has 1 fully saturated rings. The highest BCUT2D eigenvalue weighted by atomic mass is 35.5. The van der Waals surface area contributed by atoms with Gasteiger partial charge in [0.15, 0.2) is 5.82 Å². The molecule has 0 saturated carbocycles. The minimum Gasteiger partial charge on any atom is -0.334 e. The van der Waals surface area contributed by atoms with E-state index in [0.717, 1.165) is 25.9 Å². The zero-order valence-corrected chi connectivity index (χ0v) is 12.9. The lowest BCUT2D eigenvalue weighted by Crippen LogP contribution is -2.42. The van der Waals surface area contributed by atoms with E-state index in [2.05, 4.69) is 5.32 Å². The van der Waals surface area contributed by atoms with Crippen molar-refractivity contribution in [1.29, 1.82) is 0 Å². The summed E-state index contributed by atoms with van der Waals surface area (Å²) >= 11 is 5.74. The van der Waals surface area contributed by atoms with Crippen LogP contribution in [0.1, 0.15) is 30.1 Å². The Bertz CT molecular complexity index is 464. The summed E-state index contributed by atoms with van der Waals surface area (Å²) in [6.07, 6.45) is 1.76. The number of carbonyl (C=O) groups is 1. The van der Waals surface area contributed by atoms with Crippen molar-refractivity contribution in [3.63, 3.8) is 0 Å². The molecule has 1 heterocycles. The topological polar surface area (TPSA) is 32.3 Å². The van der Waals surface area contributed by atoms with Gasteiger partial charge in [-0.25, -0.2) is 4.39 Å². The summed E-state index contributed by atoms with van der Waals surface area (Å²) < 4.78 is 13.9. The molecule has 1 saturated heterocycles. The third-order valence-corrected chi connectivity index (χ3v) is 3.67.